The van der Waals surface area contributed by atoms with E-state index in [-0.39, 0.29) is 23.3 Å². The minimum absolute atomic E-state index is 0.191. The van der Waals surface area contributed by atoms with Crippen molar-refractivity contribution in [2.75, 3.05) is 4.90 Å². The van der Waals surface area contributed by atoms with Crippen LogP contribution in [0.4, 0.5) is 5.69 Å². The van der Waals surface area contributed by atoms with Crippen molar-refractivity contribution in [3.63, 3.8) is 0 Å². The van der Waals surface area contributed by atoms with Gasteiger partial charge in [-0.2, -0.15) is 0 Å². The van der Waals surface area contributed by atoms with Crippen LogP contribution in [0.5, 0.6) is 17.2 Å². The van der Waals surface area contributed by atoms with Crippen LogP contribution < -0.4 is 19.1 Å². The lowest BCUT2D eigenvalue weighted by Gasteiger charge is -2.20. The summed E-state index contributed by atoms with van der Waals surface area (Å²) in [5.41, 5.74) is 1.39. The summed E-state index contributed by atoms with van der Waals surface area (Å²) in [6.07, 6.45) is -0.433. The van der Waals surface area contributed by atoms with Crippen LogP contribution in [-0.2, 0) is 4.79 Å². The fraction of sp³-hybridized carbons (Fsp3) is 0.296. The van der Waals surface area contributed by atoms with Crippen molar-refractivity contribution in [3.05, 3.63) is 59.2 Å². The zero-order chi connectivity index (χ0) is 24.7. The van der Waals surface area contributed by atoms with E-state index in [2.05, 4.69) is 0 Å². The van der Waals surface area contributed by atoms with Gasteiger partial charge in [-0.15, -0.1) is 0 Å². The molecule has 2 amide bonds. The van der Waals surface area contributed by atoms with Crippen molar-refractivity contribution in [2.45, 2.75) is 53.8 Å². The zero-order valence-electron chi connectivity index (χ0n) is 20.1. The van der Waals surface area contributed by atoms with Crippen molar-refractivity contribution in [1.29, 1.82) is 0 Å². The lowest BCUT2D eigenvalue weighted by molar-refractivity contribution is -0.131. The summed E-state index contributed by atoms with van der Waals surface area (Å²) in [6.45, 7) is 10.5. The summed E-state index contributed by atoms with van der Waals surface area (Å²) in [6, 6.07) is 12.2. The monoisotopic (exact) mass is 461 g/mol. The van der Waals surface area contributed by atoms with E-state index in [4.69, 9.17) is 14.2 Å². The highest BCUT2D eigenvalue weighted by atomic mass is 16.5. The third-order valence-corrected chi connectivity index (χ3v) is 5.33. The van der Waals surface area contributed by atoms with Gasteiger partial charge in [0.2, 0.25) is 0 Å². The van der Waals surface area contributed by atoms with Gasteiger partial charge in [-0.3, -0.25) is 14.4 Å². The lowest BCUT2D eigenvalue weighted by atomic mass is 9.98. The van der Waals surface area contributed by atoms with Gasteiger partial charge in [-0.25, -0.2) is 4.90 Å². The maximum atomic E-state index is 13.8. The fourth-order valence-corrected chi connectivity index (χ4v) is 4.14. The van der Waals surface area contributed by atoms with Crippen LogP contribution in [0, 0.1) is 6.92 Å². The molecular weight excluding hydrogens is 434 g/mol. The topological polar surface area (TPSA) is 82.1 Å². The Hall–Kier alpha value is -3.87. The first kappa shape index (κ1) is 23.3. The average Bonchev–Trinajstić information content (AvgIpc) is 3.00. The van der Waals surface area contributed by atoms with E-state index in [1.54, 1.807) is 25.1 Å². The Morgan fingerprint density at radius 2 is 1.32 bits per heavy atom. The summed E-state index contributed by atoms with van der Waals surface area (Å²) in [5, 5.41) is 1.41. The molecule has 1 aliphatic rings. The molecule has 34 heavy (non-hydrogen) atoms. The molecule has 1 heterocycles. The van der Waals surface area contributed by atoms with Gasteiger partial charge in [-0.1, -0.05) is 24.3 Å². The summed E-state index contributed by atoms with van der Waals surface area (Å²) < 4.78 is 17.4. The SMILES string of the molecule is CC(=O)Oc1ccc(N2C(=O)c3c(c(OC(C)C)c4ccccc4c3OC(C)C)C2=O)c(C)c1. The van der Waals surface area contributed by atoms with Crippen LogP contribution in [0.3, 0.4) is 0 Å². The van der Waals surface area contributed by atoms with Gasteiger partial charge in [0.1, 0.15) is 17.2 Å². The van der Waals surface area contributed by atoms with E-state index in [9.17, 15) is 14.4 Å². The number of imide groups is 1. The Kier molecular flexibility index (Phi) is 6.04. The minimum atomic E-state index is -0.488. The summed E-state index contributed by atoms with van der Waals surface area (Å²) in [4.78, 5) is 40.0. The molecule has 0 aliphatic carbocycles. The quantitative estimate of drug-likeness (QED) is 0.276. The predicted octanol–water partition coefficient (Wildman–Crippen LogP) is 5.45. The largest absolute Gasteiger partial charge is 0.489 e. The lowest BCUT2D eigenvalue weighted by Crippen LogP contribution is -2.30. The van der Waals surface area contributed by atoms with Gasteiger partial charge in [0, 0.05) is 17.7 Å². The molecule has 0 N–H and O–H groups in total. The van der Waals surface area contributed by atoms with E-state index in [0.29, 0.717) is 39.3 Å². The smallest absolute Gasteiger partial charge is 0.308 e. The minimum Gasteiger partial charge on any atom is -0.489 e. The molecule has 7 nitrogen and oxygen atoms in total. The van der Waals surface area contributed by atoms with Crippen LogP contribution in [0.1, 0.15) is 60.9 Å². The number of carbonyl (C=O) groups is 3. The van der Waals surface area contributed by atoms with Crippen LogP contribution in [0.25, 0.3) is 10.8 Å². The van der Waals surface area contributed by atoms with Gasteiger partial charge >= 0.3 is 5.97 Å². The number of fused-ring (bicyclic) bond motifs is 2. The molecule has 0 atom stereocenters. The first-order valence-electron chi connectivity index (χ1n) is 11.2. The number of hydrogen-bond donors (Lipinski definition) is 0. The van der Waals surface area contributed by atoms with Crippen LogP contribution in [0.15, 0.2) is 42.5 Å². The summed E-state index contributed by atoms with van der Waals surface area (Å²) in [7, 11) is 0. The number of nitrogens with zero attached hydrogens (tertiary/aromatic N) is 1. The van der Waals surface area contributed by atoms with E-state index in [0.717, 1.165) is 4.90 Å². The normalized spacial score (nSPS) is 13.1. The highest BCUT2D eigenvalue weighted by Crippen LogP contribution is 2.47. The molecule has 0 radical (unpaired) electrons. The summed E-state index contributed by atoms with van der Waals surface area (Å²) in [5.74, 6) is -0.357. The molecule has 1 aliphatic heterocycles. The molecule has 0 saturated carbocycles. The average molecular weight is 462 g/mol. The Morgan fingerprint density at radius 1 is 0.824 bits per heavy atom. The van der Waals surface area contributed by atoms with E-state index >= 15 is 0 Å². The standard InChI is InChI=1S/C27H27NO6/c1-14(2)32-24-19-9-7-8-10-20(19)25(33-15(3)4)23-22(24)26(30)28(27(23)31)21-12-11-18(13-16(21)5)34-17(6)29/h7-15H,1-6H3. The maximum absolute atomic E-state index is 13.8. The highest BCUT2D eigenvalue weighted by molar-refractivity contribution is 6.38. The van der Waals surface area contributed by atoms with Crippen molar-refractivity contribution >= 4 is 34.2 Å². The molecule has 176 valence electrons. The first-order valence-corrected chi connectivity index (χ1v) is 11.2. The van der Waals surface area contributed by atoms with E-state index in [1.165, 1.54) is 6.92 Å². The van der Waals surface area contributed by atoms with Gasteiger partial charge in [-0.05, 0) is 58.4 Å². The number of amides is 2. The van der Waals surface area contributed by atoms with Gasteiger partial charge in [0.25, 0.3) is 11.8 Å². The second-order valence-electron chi connectivity index (χ2n) is 8.77. The van der Waals surface area contributed by atoms with Crippen molar-refractivity contribution in [2.24, 2.45) is 0 Å². The number of anilines is 1. The zero-order valence-corrected chi connectivity index (χ0v) is 20.1. The number of rotatable bonds is 6. The predicted molar refractivity (Wildman–Crippen MR) is 129 cm³/mol. The number of ether oxygens (including phenoxy) is 3. The second kappa shape index (κ2) is 8.82. The van der Waals surface area contributed by atoms with E-state index < -0.39 is 17.8 Å². The molecule has 7 heteroatoms. The number of benzene rings is 3. The number of carbonyl (C=O) groups excluding carboxylic acids is 3. The van der Waals surface area contributed by atoms with Crippen LogP contribution >= 0.6 is 0 Å². The van der Waals surface area contributed by atoms with Crippen LogP contribution in [0.2, 0.25) is 0 Å². The molecule has 0 saturated heterocycles. The van der Waals surface area contributed by atoms with Crippen molar-refractivity contribution in [1.82, 2.24) is 0 Å². The first-order chi connectivity index (χ1) is 16.1. The Balaban J connectivity index is 1.96. The Morgan fingerprint density at radius 3 is 1.74 bits per heavy atom. The third-order valence-electron chi connectivity index (χ3n) is 5.33. The molecule has 0 unspecified atom stereocenters. The summed E-state index contributed by atoms with van der Waals surface area (Å²) >= 11 is 0. The molecule has 0 aromatic heterocycles. The molecule has 0 fully saturated rings. The number of aryl methyl sites for hydroxylation is 1. The van der Waals surface area contributed by atoms with Crippen molar-refractivity contribution in [3.8, 4) is 17.2 Å². The van der Waals surface area contributed by atoms with E-state index in [1.807, 2.05) is 52.0 Å². The van der Waals surface area contributed by atoms with Gasteiger partial charge in [0.15, 0.2) is 0 Å². The third kappa shape index (κ3) is 3.98. The van der Waals surface area contributed by atoms with Crippen molar-refractivity contribution < 1.29 is 28.6 Å². The molecule has 3 aromatic carbocycles. The molecule has 0 spiro atoms. The fourth-order valence-electron chi connectivity index (χ4n) is 4.14. The highest BCUT2D eigenvalue weighted by Gasteiger charge is 2.44. The number of hydrogen-bond acceptors (Lipinski definition) is 6. The molecule has 0 bridgehead atoms. The maximum Gasteiger partial charge on any atom is 0.308 e. The second-order valence-corrected chi connectivity index (χ2v) is 8.77. The van der Waals surface area contributed by atoms with Crippen LogP contribution in [-0.4, -0.2) is 30.0 Å². The van der Waals surface area contributed by atoms with Gasteiger partial charge < -0.3 is 14.2 Å². The molecule has 3 aromatic rings. The molecule has 4 rings (SSSR count). The molecular formula is C27H27NO6. The Bertz CT molecular complexity index is 1260. The van der Waals surface area contributed by atoms with Gasteiger partial charge in [0.05, 0.1) is 29.0 Å². The number of esters is 1. The Labute approximate surface area is 198 Å².